The van der Waals surface area contributed by atoms with Crippen LogP contribution in [0.1, 0.15) is 31.4 Å². The molecule has 6 nitrogen and oxygen atoms in total. The van der Waals surface area contributed by atoms with Gasteiger partial charge >= 0.3 is 0 Å². The number of carbonyl (C=O) groups is 2. The normalized spacial score (nSPS) is 27.6. The number of hydrogen-bond acceptors (Lipinski definition) is 3. The molecule has 118 valence electrons. The molecule has 2 aliphatic heterocycles. The van der Waals surface area contributed by atoms with Crippen molar-refractivity contribution >= 4 is 11.8 Å². The second kappa shape index (κ2) is 5.11. The van der Waals surface area contributed by atoms with Gasteiger partial charge in [-0.1, -0.05) is 0 Å². The molecule has 0 spiro atoms. The van der Waals surface area contributed by atoms with Crippen molar-refractivity contribution in [1.29, 1.82) is 0 Å². The van der Waals surface area contributed by atoms with Crippen molar-refractivity contribution in [3.8, 4) is 0 Å². The van der Waals surface area contributed by atoms with E-state index >= 15 is 0 Å². The van der Waals surface area contributed by atoms with Crippen molar-refractivity contribution in [2.75, 3.05) is 13.1 Å². The van der Waals surface area contributed by atoms with Crippen LogP contribution in [0.2, 0.25) is 0 Å². The third kappa shape index (κ3) is 2.40. The monoisotopic (exact) mass is 302 g/mol. The van der Waals surface area contributed by atoms with Crippen LogP contribution in [-0.2, 0) is 23.1 Å². The van der Waals surface area contributed by atoms with Gasteiger partial charge in [0.2, 0.25) is 11.8 Å². The number of amides is 2. The first kappa shape index (κ1) is 13.8. The van der Waals surface area contributed by atoms with Crippen molar-refractivity contribution in [3.63, 3.8) is 0 Å². The molecule has 1 aromatic heterocycles. The second-order valence-electron chi connectivity index (χ2n) is 6.86. The molecule has 3 heterocycles. The first-order valence-corrected chi connectivity index (χ1v) is 8.19. The van der Waals surface area contributed by atoms with E-state index in [0.717, 1.165) is 25.2 Å². The van der Waals surface area contributed by atoms with Crippen LogP contribution in [0.5, 0.6) is 0 Å². The Balaban J connectivity index is 1.43. The topological polar surface area (TPSA) is 58.4 Å². The van der Waals surface area contributed by atoms with Crippen LogP contribution in [0.15, 0.2) is 12.3 Å². The van der Waals surface area contributed by atoms with Crippen molar-refractivity contribution in [3.05, 3.63) is 18.0 Å². The molecule has 22 heavy (non-hydrogen) atoms. The molecule has 1 aromatic rings. The average molecular weight is 302 g/mol. The molecule has 2 atom stereocenters. The minimum Gasteiger partial charge on any atom is -0.337 e. The minimum absolute atomic E-state index is 0.0856. The van der Waals surface area contributed by atoms with E-state index < -0.39 is 0 Å². The van der Waals surface area contributed by atoms with Gasteiger partial charge in [0.25, 0.3) is 0 Å². The second-order valence-corrected chi connectivity index (χ2v) is 6.86. The van der Waals surface area contributed by atoms with Crippen LogP contribution < -0.4 is 0 Å². The molecular formula is C16H22N4O2. The highest BCUT2D eigenvalue weighted by Gasteiger charge is 2.49. The number of aryl methyl sites for hydroxylation is 1. The molecular weight excluding hydrogens is 280 g/mol. The fourth-order valence-corrected chi connectivity index (χ4v) is 3.87. The number of carbonyl (C=O) groups excluding carboxylic acids is 2. The number of likely N-dealkylation sites (tertiary alicyclic amines) is 2. The Morgan fingerprint density at radius 1 is 1.32 bits per heavy atom. The lowest BCUT2D eigenvalue weighted by Gasteiger charge is -2.25. The number of fused-ring (bicyclic) bond motifs is 1. The summed E-state index contributed by atoms with van der Waals surface area (Å²) in [6.07, 6.45) is 6.13. The van der Waals surface area contributed by atoms with E-state index in [4.69, 9.17) is 0 Å². The molecule has 6 heteroatoms. The SMILES string of the molecule is Cn1ccc(CC(=O)N2CC[C@@H]3[C@@H]2CC(=O)N3CC2CC2)n1. The van der Waals surface area contributed by atoms with E-state index in [0.29, 0.717) is 18.8 Å². The first-order valence-electron chi connectivity index (χ1n) is 8.19. The summed E-state index contributed by atoms with van der Waals surface area (Å²) in [4.78, 5) is 28.8. The van der Waals surface area contributed by atoms with E-state index in [2.05, 4.69) is 10.00 Å². The summed E-state index contributed by atoms with van der Waals surface area (Å²) >= 11 is 0. The molecule has 2 amide bonds. The predicted octanol–water partition coefficient (Wildman–Crippen LogP) is 0.574. The Hall–Kier alpha value is -1.85. The lowest BCUT2D eigenvalue weighted by atomic mass is 10.1. The van der Waals surface area contributed by atoms with Gasteiger partial charge < -0.3 is 9.80 Å². The molecule has 3 fully saturated rings. The van der Waals surface area contributed by atoms with Gasteiger partial charge in [-0.3, -0.25) is 14.3 Å². The molecule has 0 radical (unpaired) electrons. The molecule has 0 unspecified atom stereocenters. The summed E-state index contributed by atoms with van der Waals surface area (Å²) in [7, 11) is 1.85. The quantitative estimate of drug-likeness (QED) is 0.817. The number of nitrogens with zero attached hydrogens (tertiary/aromatic N) is 4. The maximum absolute atomic E-state index is 12.6. The smallest absolute Gasteiger partial charge is 0.228 e. The van der Waals surface area contributed by atoms with E-state index in [-0.39, 0.29) is 23.9 Å². The van der Waals surface area contributed by atoms with Gasteiger partial charge in [-0.05, 0) is 31.2 Å². The molecule has 0 bridgehead atoms. The summed E-state index contributed by atoms with van der Waals surface area (Å²) in [5.74, 6) is 1.05. The largest absolute Gasteiger partial charge is 0.337 e. The number of hydrogen-bond donors (Lipinski definition) is 0. The first-order chi connectivity index (χ1) is 10.6. The molecule has 0 aromatic carbocycles. The van der Waals surface area contributed by atoms with Crippen LogP contribution in [0.25, 0.3) is 0 Å². The lowest BCUT2D eigenvalue weighted by molar-refractivity contribution is -0.131. The summed E-state index contributed by atoms with van der Waals surface area (Å²) in [6.45, 7) is 1.68. The van der Waals surface area contributed by atoms with E-state index in [1.165, 1.54) is 12.8 Å². The Morgan fingerprint density at radius 2 is 2.14 bits per heavy atom. The maximum atomic E-state index is 12.6. The zero-order chi connectivity index (χ0) is 15.3. The van der Waals surface area contributed by atoms with Gasteiger partial charge in [0.1, 0.15) is 0 Å². The Labute approximate surface area is 130 Å². The van der Waals surface area contributed by atoms with Gasteiger partial charge in [-0.15, -0.1) is 0 Å². The predicted molar refractivity (Wildman–Crippen MR) is 79.9 cm³/mol. The van der Waals surface area contributed by atoms with Crippen molar-refractivity contribution in [1.82, 2.24) is 19.6 Å². The molecule has 3 aliphatic rings. The van der Waals surface area contributed by atoms with Crippen LogP contribution in [-0.4, -0.2) is 56.6 Å². The van der Waals surface area contributed by atoms with Gasteiger partial charge in [-0.2, -0.15) is 5.10 Å². The van der Waals surface area contributed by atoms with Gasteiger partial charge in [0, 0.05) is 32.8 Å². The van der Waals surface area contributed by atoms with E-state index in [1.54, 1.807) is 4.68 Å². The van der Waals surface area contributed by atoms with Crippen molar-refractivity contribution in [2.24, 2.45) is 13.0 Å². The van der Waals surface area contributed by atoms with Crippen molar-refractivity contribution in [2.45, 2.75) is 44.2 Å². The highest BCUT2D eigenvalue weighted by molar-refractivity contribution is 5.84. The van der Waals surface area contributed by atoms with E-state index in [1.807, 2.05) is 24.2 Å². The fraction of sp³-hybridized carbons (Fsp3) is 0.688. The highest BCUT2D eigenvalue weighted by atomic mass is 16.2. The summed E-state index contributed by atoms with van der Waals surface area (Å²) in [5.41, 5.74) is 0.801. The standard InChI is InChI=1S/C16H22N4O2/c1-18-6-4-12(17-18)8-15(21)19-7-5-13-14(19)9-16(22)20(13)10-11-2-3-11/h4,6,11,13-14H,2-3,5,7-10H2,1H3/t13-,14+/m1/s1. The molecule has 1 aliphatic carbocycles. The third-order valence-corrected chi connectivity index (χ3v) is 5.19. The zero-order valence-electron chi connectivity index (χ0n) is 12.9. The van der Waals surface area contributed by atoms with Crippen LogP contribution >= 0.6 is 0 Å². The van der Waals surface area contributed by atoms with Gasteiger partial charge in [-0.25, -0.2) is 0 Å². The Morgan fingerprint density at radius 3 is 2.82 bits per heavy atom. The molecule has 2 saturated heterocycles. The van der Waals surface area contributed by atoms with Crippen LogP contribution in [0.4, 0.5) is 0 Å². The maximum Gasteiger partial charge on any atom is 0.228 e. The Kier molecular flexibility index (Phi) is 3.20. The minimum atomic E-state index is 0.0856. The van der Waals surface area contributed by atoms with Gasteiger partial charge in [0.15, 0.2) is 0 Å². The van der Waals surface area contributed by atoms with Crippen LogP contribution in [0.3, 0.4) is 0 Å². The summed E-state index contributed by atoms with van der Waals surface area (Å²) in [5, 5.41) is 4.28. The number of rotatable bonds is 4. The van der Waals surface area contributed by atoms with E-state index in [9.17, 15) is 9.59 Å². The van der Waals surface area contributed by atoms with Crippen LogP contribution in [0, 0.1) is 5.92 Å². The average Bonchev–Trinajstić information content (AvgIpc) is 2.94. The Bertz CT molecular complexity index is 607. The fourth-order valence-electron chi connectivity index (χ4n) is 3.87. The summed E-state index contributed by atoms with van der Waals surface area (Å²) < 4.78 is 1.71. The molecule has 4 rings (SSSR count). The lowest BCUT2D eigenvalue weighted by Crippen LogP contribution is -2.41. The molecule has 1 saturated carbocycles. The highest BCUT2D eigenvalue weighted by Crippen LogP contribution is 2.37. The van der Waals surface area contributed by atoms with Crippen molar-refractivity contribution < 1.29 is 9.59 Å². The summed E-state index contributed by atoms with van der Waals surface area (Å²) in [6, 6.07) is 2.22. The third-order valence-electron chi connectivity index (χ3n) is 5.19. The molecule has 0 N–H and O–H groups in total. The van der Waals surface area contributed by atoms with Gasteiger partial charge in [0.05, 0.1) is 24.2 Å². The zero-order valence-corrected chi connectivity index (χ0v) is 12.9. The number of aromatic nitrogens is 2.